The predicted octanol–water partition coefficient (Wildman–Crippen LogP) is 3.69. The van der Waals surface area contributed by atoms with Gasteiger partial charge in [-0.15, -0.1) is 0 Å². The Kier molecular flexibility index (Phi) is 4.75. The van der Waals surface area contributed by atoms with E-state index < -0.39 is 10.0 Å². The zero-order valence-corrected chi connectivity index (χ0v) is 17.6. The molecule has 1 aliphatic heterocycles. The van der Waals surface area contributed by atoms with E-state index in [1.807, 2.05) is 52.0 Å². The minimum Gasteiger partial charge on any atom is -0.310 e. The molecular weight excluding hydrogens is 372 g/mol. The molecule has 4 rings (SSSR count). The molecule has 28 heavy (non-hydrogen) atoms. The lowest BCUT2D eigenvalue weighted by atomic mass is 10.1. The molecule has 0 unspecified atom stereocenters. The SMILES string of the molecule is Cc1cc(C)c(S(=O)(=O)N2CCC(n3c(C)nc4cccnc43)CC2)c(C)c1. The third-order valence-corrected chi connectivity index (χ3v) is 7.82. The summed E-state index contributed by atoms with van der Waals surface area (Å²) >= 11 is 0. The van der Waals surface area contributed by atoms with Crippen molar-refractivity contribution < 1.29 is 8.42 Å². The molecule has 0 saturated carbocycles. The molecule has 1 aliphatic rings. The number of imidazole rings is 1. The standard InChI is InChI=1S/C21H26N4O2S/c1-14-12-15(2)20(16(3)13-14)28(26,27)24-10-7-18(8-11-24)25-17(4)23-19-6-5-9-22-21(19)25/h5-6,9,12-13,18H,7-8,10-11H2,1-4H3. The van der Waals surface area contributed by atoms with Gasteiger partial charge in [-0.05, 0) is 63.8 Å². The van der Waals surface area contributed by atoms with E-state index in [9.17, 15) is 8.42 Å². The van der Waals surface area contributed by atoms with E-state index >= 15 is 0 Å². The molecule has 1 saturated heterocycles. The number of aryl methyl sites for hydroxylation is 4. The summed E-state index contributed by atoms with van der Waals surface area (Å²) in [5, 5.41) is 0. The van der Waals surface area contributed by atoms with Crippen LogP contribution in [0.25, 0.3) is 11.2 Å². The fraction of sp³-hybridized carbons (Fsp3) is 0.429. The Morgan fingerprint density at radius 2 is 1.68 bits per heavy atom. The van der Waals surface area contributed by atoms with Crippen molar-refractivity contribution in [1.29, 1.82) is 0 Å². The van der Waals surface area contributed by atoms with E-state index in [1.54, 1.807) is 10.5 Å². The summed E-state index contributed by atoms with van der Waals surface area (Å²) in [6.07, 6.45) is 3.29. The van der Waals surface area contributed by atoms with Crippen LogP contribution < -0.4 is 0 Å². The van der Waals surface area contributed by atoms with Gasteiger partial charge in [-0.25, -0.2) is 18.4 Å². The normalized spacial score (nSPS) is 16.7. The summed E-state index contributed by atoms with van der Waals surface area (Å²) in [7, 11) is -3.49. The number of sulfonamides is 1. The number of rotatable bonds is 3. The Hall–Kier alpha value is -2.25. The van der Waals surface area contributed by atoms with Crippen molar-refractivity contribution in [2.24, 2.45) is 0 Å². The molecule has 0 atom stereocenters. The fourth-order valence-corrected chi connectivity index (χ4v) is 6.40. The summed E-state index contributed by atoms with van der Waals surface area (Å²) in [5.41, 5.74) is 4.50. The number of fused-ring (bicyclic) bond motifs is 1. The van der Waals surface area contributed by atoms with Crippen LogP contribution in [-0.4, -0.2) is 40.3 Å². The van der Waals surface area contributed by atoms with Gasteiger partial charge >= 0.3 is 0 Å². The van der Waals surface area contributed by atoms with Gasteiger partial charge in [-0.2, -0.15) is 4.31 Å². The van der Waals surface area contributed by atoms with Crippen molar-refractivity contribution in [1.82, 2.24) is 18.8 Å². The predicted molar refractivity (Wildman–Crippen MR) is 110 cm³/mol. The second-order valence-electron chi connectivity index (χ2n) is 7.74. The van der Waals surface area contributed by atoms with Crippen LogP contribution in [0.3, 0.4) is 0 Å². The quantitative estimate of drug-likeness (QED) is 0.675. The first-order valence-corrected chi connectivity index (χ1v) is 11.1. The summed E-state index contributed by atoms with van der Waals surface area (Å²) in [6, 6.07) is 7.96. The Morgan fingerprint density at radius 3 is 2.32 bits per heavy atom. The van der Waals surface area contributed by atoms with E-state index in [0.29, 0.717) is 18.0 Å². The molecule has 3 aromatic rings. The van der Waals surface area contributed by atoms with Crippen LogP contribution in [0, 0.1) is 27.7 Å². The van der Waals surface area contributed by atoms with Crippen molar-refractivity contribution >= 4 is 21.2 Å². The molecule has 0 bridgehead atoms. The van der Waals surface area contributed by atoms with Crippen LogP contribution in [0.15, 0.2) is 35.4 Å². The first kappa shape index (κ1) is 19.1. The molecule has 1 fully saturated rings. The number of nitrogens with zero attached hydrogens (tertiary/aromatic N) is 4. The van der Waals surface area contributed by atoms with Crippen LogP contribution in [0.4, 0.5) is 0 Å². The molecule has 0 aliphatic carbocycles. The number of pyridine rings is 1. The Labute approximate surface area is 166 Å². The average Bonchev–Trinajstić information content (AvgIpc) is 2.96. The summed E-state index contributed by atoms with van der Waals surface area (Å²) in [6.45, 7) is 8.76. The second kappa shape index (κ2) is 6.97. The minimum atomic E-state index is -3.49. The first-order chi connectivity index (χ1) is 13.3. The van der Waals surface area contributed by atoms with Gasteiger partial charge < -0.3 is 4.57 Å². The maximum atomic E-state index is 13.3. The van der Waals surface area contributed by atoms with Crippen LogP contribution in [0.2, 0.25) is 0 Å². The molecule has 0 N–H and O–H groups in total. The molecule has 3 heterocycles. The highest BCUT2D eigenvalue weighted by Crippen LogP contribution is 2.32. The zero-order valence-electron chi connectivity index (χ0n) is 16.8. The number of hydrogen-bond donors (Lipinski definition) is 0. The van der Waals surface area contributed by atoms with Crippen LogP contribution in [-0.2, 0) is 10.0 Å². The Morgan fingerprint density at radius 1 is 1.04 bits per heavy atom. The molecule has 0 spiro atoms. The zero-order chi connectivity index (χ0) is 20.1. The fourth-order valence-electron chi connectivity index (χ4n) is 4.52. The molecule has 148 valence electrons. The second-order valence-corrected chi connectivity index (χ2v) is 9.61. The topological polar surface area (TPSA) is 68.1 Å². The first-order valence-electron chi connectivity index (χ1n) is 9.66. The summed E-state index contributed by atoms with van der Waals surface area (Å²) in [5.74, 6) is 0.931. The Bertz CT molecular complexity index is 1120. The number of benzene rings is 1. The van der Waals surface area contributed by atoms with Gasteiger partial charge in [0.1, 0.15) is 11.3 Å². The van der Waals surface area contributed by atoms with E-state index in [2.05, 4.69) is 14.5 Å². The van der Waals surface area contributed by atoms with Gasteiger partial charge in [0.15, 0.2) is 5.65 Å². The van der Waals surface area contributed by atoms with Gasteiger partial charge in [-0.1, -0.05) is 17.7 Å². The maximum absolute atomic E-state index is 13.3. The highest BCUT2D eigenvalue weighted by atomic mass is 32.2. The van der Waals surface area contributed by atoms with Gasteiger partial charge in [0.25, 0.3) is 0 Å². The summed E-state index contributed by atoms with van der Waals surface area (Å²) < 4.78 is 30.4. The number of hydrogen-bond acceptors (Lipinski definition) is 4. The lowest BCUT2D eigenvalue weighted by molar-refractivity contribution is 0.274. The third kappa shape index (κ3) is 3.12. The van der Waals surface area contributed by atoms with Crippen molar-refractivity contribution in [2.75, 3.05) is 13.1 Å². The van der Waals surface area contributed by atoms with Gasteiger partial charge in [0, 0.05) is 25.3 Å². The van der Waals surface area contributed by atoms with Crippen LogP contribution >= 0.6 is 0 Å². The Balaban J connectivity index is 1.60. The van der Waals surface area contributed by atoms with Crippen LogP contribution in [0.5, 0.6) is 0 Å². The minimum absolute atomic E-state index is 0.214. The van der Waals surface area contributed by atoms with Crippen molar-refractivity contribution in [3.05, 3.63) is 53.0 Å². The lowest BCUT2D eigenvalue weighted by Crippen LogP contribution is -2.39. The highest BCUT2D eigenvalue weighted by molar-refractivity contribution is 7.89. The van der Waals surface area contributed by atoms with E-state index in [4.69, 9.17) is 0 Å². The monoisotopic (exact) mass is 398 g/mol. The van der Waals surface area contributed by atoms with Crippen molar-refractivity contribution in [3.8, 4) is 0 Å². The molecule has 7 heteroatoms. The van der Waals surface area contributed by atoms with E-state index in [0.717, 1.165) is 46.5 Å². The molecule has 6 nitrogen and oxygen atoms in total. The maximum Gasteiger partial charge on any atom is 0.243 e. The lowest BCUT2D eigenvalue weighted by Gasteiger charge is -2.33. The van der Waals surface area contributed by atoms with Crippen LogP contribution in [0.1, 0.15) is 41.4 Å². The summed E-state index contributed by atoms with van der Waals surface area (Å²) in [4.78, 5) is 9.56. The molecule has 0 radical (unpaired) electrons. The van der Waals surface area contributed by atoms with Gasteiger partial charge in [0.05, 0.1) is 4.90 Å². The molecule has 0 amide bonds. The smallest absolute Gasteiger partial charge is 0.243 e. The average molecular weight is 399 g/mol. The highest BCUT2D eigenvalue weighted by Gasteiger charge is 2.33. The van der Waals surface area contributed by atoms with E-state index in [1.165, 1.54) is 0 Å². The largest absolute Gasteiger partial charge is 0.310 e. The van der Waals surface area contributed by atoms with E-state index in [-0.39, 0.29) is 6.04 Å². The number of piperidine rings is 1. The molecular formula is C21H26N4O2S. The van der Waals surface area contributed by atoms with Gasteiger partial charge in [-0.3, -0.25) is 0 Å². The molecule has 1 aromatic carbocycles. The molecule has 2 aromatic heterocycles. The van der Waals surface area contributed by atoms with Crippen molar-refractivity contribution in [3.63, 3.8) is 0 Å². The number of aromatic nitrogens is 3. The van der Waals surface area contributed by atoms with Crippen molar-refractivity contribution in [2.45, 2.75) is 51.5 Å². The third-order valence-electron chi connectivity index (χ3n) is 5.62. The van der Waals surface area contributed by atoms with Gasteiger partial charge in [0.2, 0.25) is 10.0 Å².